The van der Waals surface area contributed by atoms with Crippen LogP contribution in [0.15, 0.2) is 47.4 Å². The number of hydrogen-bond donors (Lipinski definition) is 1. The summed E-state index contributed by atoms with van der Waals surface area (Å²) >= 11 is 1.42. The molecule has 0 atom stereocenters. The Morgan fingerprint density at radius 1 is 1.07 bits per heavy atom. The predicted octanol–water partition coefficient (Wildman–Crippen LogP) is 4.54. The molecule has 3 rings (SSSR count). The number of benzene rings is 2. The molecule has 0 fully saturated rings. The third-order valence-corrected chi connectivity index (χ3v) is 5.22. The van der Waals surface area contributed by atoms with Crippen LogP contribution < -0.4 is 14.8 Å². The van der Waals surface area contributed by atoms with Gasteiger partial charge in [0.05, 0.1) is 31.1 Å². The minimum absolute atomic E-state index is 0.125. The number of rotatable bonds is 8. The van der Waals surface area contributed by atoms with E-state index in [1.165, 1.54) is 11.8 Å². The van der Waals surface area contributed by atoms with Gasteiger partial charge in [-0.15, -0.1) is 11.8 Å². The van der Waals surface area contributed by atoms with E-state index in [1.54, 1.807) is 24.3 Å². The number of fused-ring (bicyclic) bond motifs is 1. The van der Waals surface area contributed by atoms with Gasteiger partial charge in [-0.3, -0.25) is 4.79 Å². The highest BCUT2D eigenvalue weighted by Gasteiger charge is 2.12. The molecule has 0 aliphatic carbocycles. The fourth-order valence-corrected chi connectivity index (χ4v) is 3.39. The highest BCUT2D eigenvalue weighted by atomic mass is 32.2. The Hall–Kier alpha value is -2.67. The van der Waals surface area contributed by atoms with Crippen LogP contribution in [0.2, 0.25) is 0 Å². The van der Waals surface area contributed by atoms with Crippen molar-refractivity contribution in [1.29, 1.82) is 0 Å². The third-order valence-electron chi connectivity index (χ3n) is 4.22. The highest BCUT2D eigenvalue weighted by molar-refractivity contribution is 8.00. The second kappa shape index (κ2) is 10.8. The molecule has 2 aromatic rings. The summed E-state index contributed by atoms with van der Waals surface area (Å²) in [6.07, 6.45) is 2.68. The van der Waals surface area contributed by atoms with E-state index in [0.717, 1.165) is 29.9 Å². The molecule has 0 spiro atoms. The van der Waals surface area contributed by atoms with Crippen LogP contribution in [0.25, 0.3) is 0 Å². The number of carbonyl (C=O) groups is 2. The summed E-state index contributed by atoms with van der Waals surface area (Å²) in [6, 6.07) is 12.4. The van der Waals surface area contributed by atoms with Crippen LogP contribution in [0.4, 0.5) is 5.69 Å². The average molecular weight is 416 g/mol. The maximum absolute atomic E-state index is 12.2. The average Bonchev–Trinajstić information content (AvgIpc) is 2.98. The molecule has 0 bridgehead atoms. The van der Waals surface area contributed by atoms with Gasteiger partial charge in [-0.25, -0.2) is 4.79 Å². The lowest BCUT2D eigenvalue weighted by atomic mass is 10.2. The van der Waals surface area contributed by atoms with Crippen molar-refractivity contribution in [3.8, 4) is 11.5 Å². The summed E-state index contributed by atoms with van der Waals surface area (Å²) in [4.78, 5) is 25.1. The molecule has 0 saturated heterocycles. The van der Waals surface area contributed by atoms with Gasteiger partial charge in [0.25, 0.3) is 0 Å². The summed E-state index contributed by atoms with van der Waals surface area (Å²) in [5, 5.41) is 2.84. The molecule has 1 N–H and O–H groups in total. The molecule has 7 heteroatoms. The van der Waals surface area contributed by atoms with E-state index in [2.05, 4.69) is 5.32 Å². The number of nitrogens with one attached hydrogen (secondary N) is 1. The van der Waals surface area contributed by atoms with Gasteiger partial charge < -0.3 is 19.5 Å². The van der Waals surface area contributed by atoms with Crippen LogP contribution >= 0.6 is 11.8 Å². The standard InChI is InChI=1S/C22H25NO5S/c1-2-3-11-28-22(25)16-5-7-17(8-6-16)23-21(24)15-29-18-9-10-19-20(14-18)27-13-4-12-26-19/h5-10,14H,2-4,11-13,15H2,1H3,(H,23,24). The lowest BCUT2D eigenvalue weighted by Gasteiger charge is -2.09. The Morgan fingerprint density at radius 2 is 1.83 bits per heavy atom. The summed E-state index contributed by atoms with van der Waals surface area (Å²) in [5.74, 6) is 1.25. The number of unbranched alkanes of at least 4 members (excludes halogenated alkanes) is 1. The second-order valence-corrected chi connectivity index (χ2v) is 7.61. The summed E-state index contributed by atoms with van der Waals surface area (Å²) in [5.41, 5.74) is 1.11. The first-order valence-electron chi connectivity index (χ1n) is 9.75. The summed E-state index contributed by atoms with van der Waals surface area (Å²) < 4.78 is 16.5. The first kappa shape index (κ1) is 21.0. The monoisotopic (exact) mass is 415 g/mol. The molecule has 154 valence electrons. The normalized spacial score (nSPS) is 12.7. The second-order valence-electron chi connectivity index (χ2n) is 6.56. The van der Waals surface area contributed by atoms with Crippen molar-refractivity contribution < 1.29 is 23.8 Å². The SMILES string of the molecule is CCCCOC(=O)c1ccc(NC(=O)CSc2ccc3c(c2)OCCCO3)cc1. The number of hydrogen-bond acceptors (Lipinski definition) is 6. The Labute approximate surface area is 174 Å². The molecule has 29 heavy (non-hydrogen) atoms. The number of anilines is 1. The zero-order valence-corrected chi connectivity index (χ0v) is 17.3. The summed E-state index contributed by atoms with van der Waals surface area (Å²) in [7, 11) is 0. The minimum Gasteiger partial charge on any atom is -0.490 e. The van der Waals surface area contributed by atoms with Crippen LogP contribution in [0.1, 0.15) is 36.5 Å². The van der Waals surface area contributed by atoms with Crippen LogP contribution in [0, 0.1) is 0 Å². The lowest BCUT2D eigenvalue weighted by Crippen LogP contribution is -2.14. The van der Waals surface area contributed by atoms with Crippen molar-refractivity contribution in [3.05, 3.63) is 48.0 Å². The molecule has 1 aliphatic rings. The van der Waals surface area contributed by atoms with Gasteiger partial charge in [0.2, 0.25) is 5.91 Å². The molecular weight excluding hydrogens is 390 g/mol. The maximum atomic E-state index is 12.2. The van der Waals surface area contributed by atoms with Gasteiger partial charge in [0.15, 0.2) is 11.5 Å². The number of ether oxygens (including phenoxy) is 3. The van der Waals surface area contributed by atoms with Gasteiger partial charge in [-0.2, -0.15) is 0 Å². The van der Waals surface area contributed by atoms with E-state index in [9.17, 15) is 9.59 Å². The number of amides is 1. The molecule has 0 unspecified atom stereocenters. The highest BCUT2D eigenvalue weighted by Crippen LogP contribution is 2.33. The van der Waals surface area contributed by atoms with E-state index in [-0.39, 0.29) is 17.6 Å². The smallest absolute Gasteiger partial charge is 0.338 e. The molecule has 2 aromatic carbocycles. The van der Waals surface area contributed by atoms with Crippen molar-refractivity contribution in [3.63, 3.8) is 0 Å². The molecule has 1 amide bonds. The van der Waals surface area contributed by atoms with Crippen molar-refractivity contribution in [2.75, 3.05) is 30.9 Å². The zero-order valence-electron chi connectivity index (χ0n) is 16.4. The topological polar surface area (TPSA) is 73.9 Å². The van der Waals surface area contributed by atoms with Gasteiger partial charge in [-0.05, 0) is 48.9 Å². The Morgan fingerprint density at radius 3 is 2.59 bits per heavy atom. The van der Waals surface area contributed by atoms with Crippen molar-refractivity contribution in [2.45, 2.75) is 31.1 Å². The van der Waals surface area contributed by atoms with E-state index in [4.69, 9.17) is 14.2 Å². The molecular formula is C22H25NO5S. The van der Waals surface area contributed by atoms with Gasteiger partial charge in [0.1, 0.15) is 0 Å². The van der Waals surface area contributed by atoms with E-state index < -0.39 is 0 Å². The van der Waals surface area contributed by atoms with E-state index in [0.29, 0.717) is 36.8 Å². The van der Waals surface area contributed by atoms with E-state index in [1.807, 2.05) is 25.1 Å². The lowest BCUT2D eigenvalue weighted by molar-refractivity contribution is -0.113. The minimum atomic E-state index is -0.346. The molecule has 1 aliphatic heterocycles. The Bertz CT molecular complexity index is 838. The molecule has 0 aromatic heterocycles. The number of carbonyl (C=O) groups excluding carboxylic acids is 2. The third kappa shape index (κ3) is 6.42. The Kier molecular flexibility index (Phi) is 7.81. The quantitative estimate of drug-likeness (QED) is 0.388. The fourth-order valence-electron chi connectivity index (χ4n) is 2.66. The van der Waals surface area contributed by atoms with Crippen LogP contribution in [-0.4, -0.2) is 37.4 Å². The predicted molar refractivity (Wildman–Crippen MR) is 113 cm³/mol. The fraction of sp³-hybridized carbons (Fsp3) is 0.364. The summed E-state index contributed by atoms with van der Waals surface area (Å²) in [6.45, 7) is 3.74. The number of esters is 1. The molecule has 0 radical (unpaired) electrons. The first-order valence-corrected chi connectivity index (χ1v) is 10.7. The van der Waals surface area contributed by atoms with Crippen molar-refractivity contribution in [2.24, 2.45) is 0 Å². The van der Waals surface area contributed by atoms with Gasteiger partial charge in [0, 0.05) is 17.0 Å². The van der Waals surface area contributed by atoms with Crippen LogP contribution in [0.5, 0.6) is 11.5 Å². The maximum Gasteiger partial charge on any atom is 0.338 e. The van der Waals surface area contributed by atoms with Crippen molar-refractivity contribution in [1.82, 2.24) is 0 Å². The molecule has 0 saturated carbocycles. The first-order chi connectivity index (χ1) is 14.2. The molecule has 6 nitrogen and oxygen atoms in total. The number of thioether (sulfide) groups is 1. The van der Waals surface area contributed by atoms with Crippen LogP contribution in [0.3, 0.4) is 0 Å². The van der Waals surface area contributed by atoms with Crippen LogP contribution in [-0.2, 0) is 9.53 Å². The van der Waals surface area contributed by atoms with Gasteiger partial charge in [-0.1, -0.05) is 13.3 Å². The van der Waals surface area contributed by atoms with Gasteiger partial charge >= 0.3 is 5.97 Å². The largest absolute Gasteiger partial charge is 0.490 e. The van der Waals surface area contributed by atoms with Crippen molar-refractivity contribution >= 4 is 29.3 Å². The zero-order chi connectivity index (χ0) is 20.5. The molecule has 1 heterocycles. The Balaban J connectivity index is 1.48. The van der Waals surface area contributed by atoms with E-state index >= 15 is 0 Å².